The highest BCUT2D eigenvalue weighted by Crippen LogP contribution is 2.35. The highest BCUT2D eigenvalue weighted by molar-refractivity contribution is 4.94. The van der Waals surface area contributed by atoms with Gasteiger partial charge in [0.1, 0.15) is 0 Å². The SMILES string of the molecule is CC(CO)CNCC1(N(C)C)CCCC(C)C1. The molecule has 0 aromatic rings. The zero-order valence-electron chi connectivity index (χ0n) is 12.0. The number of hydrogen-bond donors (Lipinski definition) is 2. The Hall–Kier alpha value is -0.120. The molecule has 3 heteroatoms. The zero-order valence-corrected chi connectivity index (χ0v) is 12.0. The van der Waals surface area contributed by atoms with Crippen LogP contribution in [0, 0.1) is 11.8 Å². The fourth-order valence-corrected chi connectivity index (χ4v) is 2.97. The molecule has 3 unspecified atom stereocenters. The number of aliphatic hydroxyl groups excluding tert-OH is 1. The zero-order chi connectivity index (χ0) is 12.9. The Morgan fingerprint density at radius 3 is 2.71 bits per heavy atom. The molecule has 3 nitrogen and oxygen atoms in total. The lowest BCUT2D eigenvalue weighted by Gasteiger charge is -2.45. The van der Waals surface area contributed by atoms with Crippen molar-refractivity contribution in [2.75, 3.05) is 33.8 Å². The van der Waals surface area contributed by atoms with E-state index in [9.17, 15) is 0 Å². The molecule has 102 valence electrons. The maximum atomic E-state index is 9.04. The van der Waals surface area contributed by atoms with Crippen LogP contribution in [0.4, 0.5) is 0 Å². The normalized spacial score (nSPS) is 31.8. The molecule has 1 saturated carbocycles. The van der Waals surface area contributed by atoms with Gasteiger partial charge in [-0.1, -0.05) is 26.7 Å². The molecule has 3 atom stereocenters. The average Bonchev–Trinajstić information content (AvgIpc) is 2.28. The third kappa shape index (κ3) is 4.23. The molecule has 0 bridgehead atoms. The summed E-state index contributed by atoms with van der Waals surface area (Å²) in [6.07, 6.45) is 5.31. The van der Waals surface area contributed by atoms with E-state index >= 15 is 0 Å². The fraction of sp³-hybridized carbons (Fsp3) is 1.00. The summed E-state index contributed by atoms with van der Waals surface area (Å²) in [5.74, 6) is 1.19. The Bertz CT molecular complexity index is 220. The van der Waals surface area contributed by atoms with Crippen LogP contribution < -0.4 is 5.32 Å². The molecule has 0 saturated heterocycles. The van der Waals surface area contributed by atoms with Crippen LogP contribution in [-0.4, -0.2) is 49.3 Å². The van der Waals surface area contributed by atoms with Crippen molar-refractivity contribution in [3.05, 3.63) is 0 Å². The van der Waals surface area contributed by atoms with Gasteiger partial charge in [-0.05, 0) is 45.3 Å². The summed E-state index contributed by atoms with van der Waals surface area (Å²) >= 11 is 0. The first-order chi connectivity index (χ1) is 8.00. The summed E-state index contributed by atoms with van der Waals surface area (Å²) in [5.41, 5.74) is 0.326. The second-order valence-electron chi connectivity index (χ2n) is 6.24. The summed E-state index contributed by atoms with van der Waals surface area (Å²) in [7, 11) is 4.41. The van der Waals surface area contributed by atoms with Crippen molar-refractivity contribution in [1.82, 2.24) is 10.2 Å². The van der Waals surface area contributed by atoms with Crippen LogP contribution in [0.3, 0.4) is 0 Å². The molecule has 0 amide bonds. The molecular weight excluding hydrogens is 212 g/mol. The number of aliphatic hydroxyl groups is 1. The highest BCUT2D eigenvalue weighted by atomic mass is 16.3. The molecule has 0 heterocycles. The molecular formula is C14H30N2O. The van der Waals surface area contributed by atoms with Gasteiger partial charge in [0.25, 0.3) is 0 Å². The van der Waals surface area contributed by atoms with E-state index in [-0.39, 0.29) is 6.61 Å². The average molecular weight is 242 g/mol. The first kappa shape index (κ1) is 14.9. The quantitative estimate of drug-likeness (QED) is 0.744. The van der Waals surface area contributed by atoms with Gasteiger partial charge in [0, 0.05) is 18.7 Å². The molecule has 0 aliphatic heterocycles. The first-order valence-corrected chi connectivity index (χ1v) is 6.99. The van der Waals surface area contributed by atoms with E-state index in [1.165, 1.54) is 25.7 Å². The van der Waals surface area contributed by atoms with E-state index in [2.05, 4.69) is 38.2 Å². The van der Waals surface area contributed by atoms with Gasteiger partial charge in [-0.15, -0.1) is 0 Å². The number of rotatable bonds is 6. The monoisotopic (exact) mass is 242 g/mol. The van der Waals surface area contributed by atoms with Crippen molar-refractivity contribution in [1.29, 1.82) is 0 Å². The predicted molar refractivity (Wildman–Crippen MR) is 73.2 cm³/mol. The predicted octanol–water partition coefficient (Wildman–Crippen LogP) is 1.71. The molecule has 0 aromatic heterocycles. The Kier molecular flexibility index (Phi) is 5.90. The lowest BCUT2D eigenvalue weighted by Crippen LogP contribution is -2.54. The van der Waals surface area contributed by atoms with Gasteiger partial charge in [-0.3, -0.25) is 0 Å². The Morgan fingerprint density at radius 2 is 2.18 bits per heavy atom. The van der Waals surface area contributed by atoms with E-state index in [1.807, 2.05) is 0 Å². The van der Waals surface area contributed by atoms with Crippen LogP contribution in [0.5, 0.6) is 0 Å². The first-order valence-electron chi connectivity index (χ1n) is 6.99. The molecule has 1 aliphatic rings. The lowest BCUT2D eigenvalue weighted by molar-refractivity contribution is 0.0735. The lowest BCUT2D eigenvalue weighted by atomic mass is 9.75. The van der Waals surface area contributed by atoms with E-state index in [0.29, 0.717) is 11.5 Å². The summed E-state index contributed by atoms with van der Waals surface area (Å²) in [6.45, 7) is 6.69. The minimum atomic E-state index is 0.276. The Morgan fingerprint density at radius 1 is 1.47 bits per heavy atom. The summed E-state index contributed by atoms with van der Waals surface area (Å²) < 4.78 is 0. The second-order valence-corrected chi connectivity index (χ2v) is 6.24. The molecule has 1 aliphatic carbocycles. The van der Waals surface area contributed by atoms with E-state index in [1.54, 1.807) is 0 Å². The van der Waals surface area contributed by atoms with Crippen LogP contribution in [-0.2, 0) is 0 Å². The third-order valence-corrected chi connectivity index (χ3v) is 4.27. The minimum Gasteiger partial charge on any atom is -0.396 e. The maximum Gasteiger partial charge on any atom is 0.0468 e. The van der Waals surface area contributed by atoms with Crippen molar-refractivity contribution in [3.8, 4) is 0 Å². The topological polar surface area (TPSA) is 35.5 Å². The molecule has 17 heavy (non-hydrogen) atoms. The summed E-state index contributed by atoms with van der Waals surface area (Å²) in [4.78, 5) is 2.40. The number of likely N-dealkylation sites (N-methyl/N-ethyl adjacent to an activating group) is 1. The summed E-state index contributed by atoms with van der Waals surface area (Å²) in [5, 5.41) is 12.6. The fourth-order valence-electron chi connectivity index (χ4n) is 2.97. The Labute approximate surface area is 107 Å². The van der Waals surface area contributed by atoms with Crippen molar-refractivity contribution in [2.45, 2.75) is 45.1 Å². The largest absolute Gasteiger partial charge is 0.396 e. The van der Waals surface area contributed by atoms with Gasteiger partial charge in [0.05, 0.1) is 0 Å². The van der Waals surface area contributed by atoms with Gasteiger partial charge >= 0.3 is 0 Å². The molecule has 1 fully saturated rings. The number of hydrogen-bond acceptors (Lipinski definition) is 3. The van der Waals surface area contributed by atoms with Gasteiger partial charge in [0.2, 0.25) is 0 Å². The number of nitrogens with zero attached hydrogens (tertiary/aromatic N) is 1. The van der Waals surface area contributed by atoms with Crippen molar-refractivity contribution < 1.29 is 5.11 Å². The van der Waals surface area contributed by atoms with Crippen LogP contribution in [0.15, 0.2) is 0 Å². The van der Waals surface area contributed by atoms with Crippen LogP contribution in [0.25, 0.3) is 0 Å². The van der Waals surface area contributed by atoms with Crippen LogP contribution >= 0.6 is 0 Å². The van der Waals surface area contributed by atoms with Crippen molar-refractivity contribution >= 4 is 0 Å². The van der Waals surface area contributed by atoms with Gasteiger partial charge in [-0.25, -0.2) is 0 Å². The van der Waals surface area contributed by atoms with Crippen molar-refractivity contribution in [3.63, 3.8) is 0 Å². The van der Waals surface area contributed by atoms with Gasteiger partial charge in [0.15, 0.2) is 0 Å². The smallest absolute Gasteiger partial charge is 0.0468 e. The molecule has 1 rings (SSSR count). The van der Waals surface area contributed by atoms with E-state index < -0.39 is 0 Å². The third-order valence-electron chi connectivity index (χ3n) is 4.27. The van der Waals surface area contributed by atoms with Gasteiger partial charge in [-0.2, -0.15) is 0 Å². The minimum absolute atomic E-state index is 0.276. The van der Waals surface area contributed by atoms with Crippen molar-refractivity contribution in [2.24, 2.45) is 11.8 Å². The van der Waals surface area contributed by atoms with Gasteiger partial charge < -0.3 is 15.3 Å². The summed E-state index contributed by atoms with van der Waals surface area (Å²) in [6, 6.07) is 0. The maximum absolute atomic E-state index is 9.04. The molecule has 0 aromatic carbocycles. The van der Waals surface area contributed by atoms with E-state index in [4.69, 9.17) is 5.11 Å². The standard InChI is InChI=1S/C14H30N2O/c1-12-6-5-7-14(8-12,16(3)4)11-15-9-13(2)10-17/h12-13,15,17H,5-11H2,1-4H3. The molecule has 0 radical (unpaired) electrons. The van der Waals surface area contributed by atoms with E-state index in [0.717, 1.165) is 19.0 Å². The van der Waals surface area contributed by atoms with Crippen LogP contribution in [0.2, 0.25) is 0 Å². The van der Waals surface area contributed by atoms with Crippen LogP contribution in [0.1, 0.15) is 39.5 Å². The Balaban J connectivity index is 2.47. The molecule has 2 N–H and O–H groups in total. The molecule has 0 spiro atoms. The second kappa shape index (κ2) is 6.72. The highest BCUT2D eigenvalue weighted by Gasteiger charge is 2.36. The number of nitrogens with one attached hydrogen (secondary N) is 1.